The van der Waals surface area contributed by atoms with Gasteiger partial charge in [0.1, 0.15) is 5.75 Å². The van der Waals surface area contributed by atoms with E-state index in [9.17, 15) is 0 Å². The van der Waals surface area contributed by atoms with Crippen LogP contribution in [0.4, 0.5) is 0 Å². The Morgan fingerprint density at radius 3 is 2.68 bits per heavy atom. The highest BCUT2D eigenvalue weighted by Gasteiger charge is 2.25. The molecule has 1 aromatic heterocycles. The summed E-state index contributed by atoms with van der Waals surface area (Å²) in [4.78, 5) is 0. The average Bonchev–Trinajstić information content (AvgIpc) is 3.05. The van der Waals surface area contributed by atoms with Crippen LogP contribution in [0, 0.1) is 6.92 Å². The van der Waals surface area contributed by atoms with Crippen LogP contribution in [0.3, 0.4) is 0 Å². The van der Waals surface area contributed by atoms with E-state index < -0.39 is 0 Å². The molecule has 0 bridgehead atoms. The van der Waals surface area contributed by atoms with Gasteiger partial charge in [-0.15, -0.1) is 5.10 Å². The van der Waals surface area contributed by atoms with Gasteiger partial charge in [0.25, 0.3) is 0 Å². The lowest BCUT2D eigenvalue weighted by molar-refractivity contribution is 0.404. The Hall–Kier alpha value is -2.15. The van der Waals surface area contributed by atoms with E-state index in [0.29, 0.717) is 21.6 Å². The quantitative estimate of drug-likeness (QED) is 0.735. The largest absolute Gasteiger partial charge is 0.495 e. The highest BCUT2D eigenvalue weighted by molar-refractivity contribution is 6.35. The molecule has 0 aliphatic carbocycles. The highest BCUT2D eigenvalue weighted by Crippen LogP contribution is 2.37. The predicted octanol–water partition coefficient (Wildman–Crippen LogP) is 3.59. The Bertz CT molecular complexity index is 896. The maximum Gasteiger partial charge on any atom is 0.178 e. The minimum Gasteiger partial charge on any atom is -0.495 e. The molecule has 3 rings (SSSR count). The van der Waals surface area contributed by atoms with Gasteiger partial charge >= 0.3 is 0 Å². The van der Waals surface area contributed by atoms with Crippen molar-refractivity contribution in [2.75, 3.05) is 14.2 Å². The maximum atomic E-state index is 6.28. The molecule has 0 aliphatic heterocycles. The summed E-state index contributed by atoms with van der Waals surface area (Å²) in [6, 6.07) is 11.0. The standard InChI is InChI=1S/C17H17Cl2N5O/c1-10-5-4-6-12(7-10)24-17(21-22-23-24)15(20-2)13-8-11(18)9-14(19)16(13)25-3/h4-9,15,20H,1-3H3. The van der Waals surface area contributed by atoms with Crippen molar-refractivity contribution in [3.63, 3.8) is 0 Å². The zero-order valence-corrected chi connectivity index (χ0v) is 15.5. The zero-order chi connectivity index (χ0) is 18.0. The second kappa shape index (κ2) is 7.39. The molecule has 0 radical (unpaired) electrons. The van der Waals surface area contributed by atoms with Gasteiger partial charge in [0, 0.05) is 10.6 Å². The smallest absolute Gasteiger partial charge is 0.178 e. The van der Waals surface area contributed by atoms with Crippen LogP contribution in [-0.2, 0) is 0 Å². The number of hydrogen-bond donors (Lipinski definition) is 1. The Kier molecular flexibility index (Phi) is 5.22. The second-order valence-electron chi connectivity index (χ2n) is 5.52. The third-order valence-electron chi connectivity index (χ3n) is 3.84. The van der Waals surface area contributed by atoms with Crippen LogP contribution in [0.25, 0.3) is 5.69 Å². The van der Waals surface area contributed by atoms with Gasteiger partial charge in [-0.3, -0.25) is 0 Å². The van der Waals surface area contributed by atoms with Crippen LogP contribution in [0.2, 0.25) is 10.0 Å². The molecular formula is C17H17Cl2N5O. The van der Waals surface area contributed by atoms with Gasteiger partial charge in [0.2, 0.25) is 0 Å². The number of aromatic nitrogens is 4. The molecule has 0 saturated heterocycles. The molecule has 130 valence electrons. The molecular weight excluding hydrogens is 361 g/mol. The van der Waals surface area contributed by atoms with Crippen molar-refractivity contribution in [2.45, 2.75) is 13.0 Å². The zero-order valence-electron chi connectivity index (χ0n) is 14.0. The first-order valence-corrected chi connectivity index (χ1v) is 8.36. The van der Waals surface area contributed by atoms with Crippen LogP contribution in [-0.4, -0.2) is 34.4 Å². The molecule has 6 nitrogen and oxygen atoms in total. The molecule has 1 unspecified atom stereocenters. The van der Waals surface area contributed by atoms with Crippen LogP contribution in [0.5, 0.6) is 5.75 Å². The number of rotatable bonds is 5. The van der Waals surface area contributed by atoms with Crippen molar-refractivity contribution >= 4 is 23.2 Å². The molecule has 1 atom stereocenters. The molecule has 8 heteroatoms. The van der Waals surface area contributed by atoms with Gasteiger partial charge in [-0.2, -0.15) is 4.68 Å². The minimum atomic E-state index is -0.360. The van der Waals surface area contributed by atoms with E-state index >= 15 is 0 Å². The van der Waals surface area contributed by atoms with E-state index in [1.54, 1.807) is 23.9 Å². The summed E-state index contributed by atoms with van der Waals surface area (Å²) in [5.41, 5.74) is 2.74. The lowest BCUT2D eigenvalue weighted by atomic mass is 10.0. The fourth-order valence-corrected chi connectivity index (χ4v) is 3.34. The number of methoxy groups -OCH3 is 1. The summed E-state index contributed by atoms with van der Waals surface area (Å²) in [7, 11) is 3.38. The fourth-order valence-electron chi connectivity index (χ4n) is 2.75. The predicted molar refractivity (Wildman–Crippen MR) is 97.8 cm³/mol. The first kappa shape index (κ1) is 17.7. The lowest BCUT2D eigenvalue weighted by Crippen LogP contribution is -2.23. The molecule has 0 amide bonds. The normalized spacial score (nSPS) is 12.2. The first-order chi connectivity index (χ1) is 12.0. The van der Waals surface area contributed by atoms with Gasteiger partial charge in [-0.05, 0) is 54.2 Å². The van der Waals surface area contributed by atoms with Gasteiger partial charge in [0.15, 0.2) is 5.82 Å². The molecule has 0 saturated carbocycles. The number of aryl methyl sites for hydroxylation is 1. The van der Waals surface area contributed by atoms with Gasteiger partial charge in [-0.25, -0.2) is 0 Å². The van der Waals surface area contributed by atoms with Gasteiger partial charge < -0.3 is 10.1 Å². The van der Waals surface area contributed by atoms with E-state index in [2.05, 4.69) is 20.8 Å². The molecule has 0 spiro atoms. The number of benzene rings is 2. The van der Waals surface area contributed by atoms with Crippen molar-refractivity contribution in [3.05, 3.63) is 63.4 Å². The summed E-state index contributed by atoms with van der Waals surface area (Å²) < 4.78 is 7.15. The van der Waals surface area contributed by atoms with Crippen molar-refractivity contribution in [1.29, 1.82) is 0 Å². The second-order valence-corrected chi connectivity index (χ2v) is 6.36. The number of ether oxygens (including phenoxy) is 1. The first-order valence-electron chi connectivity index (χ1n) is 7.60. The van der Waals surface area contributed by atoms with Crippen LogP contribution < -0.4 is 10.1 Å². The van der Waals surface area contributed by atoms with E-state index in [-0.39, 0.29) is 6.04 Å². The fraction of sp³-hybridized carbons (Fsp3) is 0.235. The Labute approximate surface area is 155 Å². The summed E-state index contributed by atoms with van der Waals surface area (Å²) in [5, 5.41) is 16.3. The van der Waals surface area contributed by atoms with Crippen molar-refractivity contribution in [3.8, 4) is 11.4 Å². The van der Waals surface area contributed by atoms with E-state index in [1.807, 2.05) is 38.2 Å². The van der Waals surface area contributed by atoms with E-state index in [1.165, 1.54) is 0 Å². The highest BCUT2D eigenvalue weighted by atomic mass is 35.5. The van der Waals surface area contributed by atoms with Crippen LogP contribution in [0.15, 0.2) is 36.4 Å². The molecule has 2 aromatic carbocycles. The number of hydrogen-bond acceptors (Lipinski definition) is 5. The Morgan fingerprint density at radius 1 is 1.20 bits per heavy atom. The maximum absolute atomic E-state index is 6.28. The Morgan fingerprint density at radius 2 is 2.00 bits per heavy atom. The molecule has 0 fully saturated rings. The summed E-state index contributed by atoms with van der Waals surface area (Å²) in [6.45, 7) is 2.02. The number of tetrazole rings is 1. The summed E-state index contributed by atoms with van der Waals surface area (Å²) in [6.07, 6.45) is 0. The van der Waals surface area contributed by atoms with Crippen LogP contribution >= 0.6 is 23.2 Å². The average molecular weight is 378 g/mol. The molecule has 0 aliphatic rings. The van der Waals surface area contributed by atoms with Gasteiger partial charge in [0.05, 0.1) is 23.9 Å². The SMILES string of the molecule is CNC(c1cc(Cl)cc(Cl)c1OC)c1nnnn1-c1cccc(C)c1. The summed E-state index contributed by atoms with van der Waals surface area (Å²) in [5.74, 6) is 1.13. The minimum absolute atomic E-state index is 0.360. The number of halogens is 2. The molecule has 1 N–H and O–H groups in total. The molecule has 25 heavy (non-hydrogen) atoms. The third kappa shape index (κ3) is 3.46. The van der Waals surface area contributed by atoms with Gasteiger partial charge in [-0.1, -0.05) is 35.3 Å². The van der Waals surface area contributed by atoms with Crippen molar-refractivity contribution < 1.29 is 4.74 Å². The number of nitrogens with zero attached hydrogens (tertiary/aromatic N) is 4. The monoisotopic (exact) mass is 377 g/mol. The van der Waals surface area contributed by atoms with Crippen molar-refractivity contribution in [2.24, 2.45) is 0 Å². The topological polar surface area (TPSA) is 64.9 Å². The molecule has 3 aromatic rings. The molecule has 1 heterocycles. The van der Waals surface area contributed by atoms with E-state index in [4.69, 9.17) is 27.9 Å². The van der Waals surface area contributed by atoms with E-state index in [0.717, 1.165) is 16.8 Å². The van der Waals surface area contributed by atoms with Crippen LogP contribution in [0.1, 0.15) is 23.0 Å². The third-order valence-corrected chi connectivity index (χ3v) is 4.34. The Balaban J connectivity index is 2.15. The lowest BCUT2D eigenvalue weighted by Gasteiger charge is -2.20. The number of nitrogens with one attached hydrogen (secondary N) is 1. The van der Waals surface area contributed by atoms with Crippen molar-refractivity contribution in [1.82, 2.24) is 25.5 Å². The summed E-state index contributed by atoms with van der Waals surface area (Å²) >= 11 is 12.5.